The van der Waals surface area contributed by atoms with Gasteiger partial charge in [0.15, 0.2) is 0 Å². The zero-order valence-corrected chi connectivity index (χ0v) is 12.7. The Kier molecular flexibility index (Phi) is 3.54. The zero-order valence-electron chi connectivity index (χ0n) is 11.9. The Labute approximate surface area is 122 Å². The number of hydrogen-bond donors (Lipinski definition) is 1. The van der Waals surface area contributed by atoms with Crippen molar-refractivity contribution in [2.75, 3.05) is 7.05 Å². The van der Waals surface area contributed by atoms with Gasteiger partial charge in [0.1, 0.15) is 5.01 Å². The van der Waals surface area contributed by atoms with E-state index in [-0.39, 0.29) is 6.04 Å². The minimum absolute atomic E-state index is 0.232. The number of aryl methyl sites for hydroxylation is 2. The first-order chi connectivity index (χ1) is 9.67. The quantitative estimate of drug-likeness (QED) is 0.802. The first-order valence-corrected chi connectivity index (χ1v) is 7.51. The molecule has 0 aliphatic heterocycles. The molecule has 2 heterocycles. The molecular weight excluding hydrogens is 268 g/mol. The maximum absolute atomic E-state index is 4.75. The topological polar surface area (TPSA) is 42.7 Å². The lowest BCUT2D eigenvalue weighted by Gasteiger charge is -2.12. The normalized spacial score (nSPS) is 12.9. The highest BCUT2D eigenvalue weighted by molar-refractivity contribution is 7.18. The number of likely N-dealkylation sites (N-methyl/N-ethyl adjacent to an activating group) is 1. The highest BCUT2D eigenvalue weighted by atomic mass is 32.1. The van der Waals surface area contributed by atoms with Crippen LogP contribution in [0.25, 0.3) is 10.2 Å². The summed E-state index contributed by atoms with van der Waals surface area (Å²) >= 11 is 1.76. The van der Waals surface area contributed by atoms with E-state index >= 15 is 0 Å². The fraction of sp³-hybridized carbons (Fsp3) is 0.333. The van der Waals surface area contributed by atoms with Crippen molar-refractivity contribution in [3.63, 3.8) is 0 Å². The van der Waals surface area contributed by atoms with Crippen molar-refractivity contribution in [1.29, 1.82) is 0 Å². The molecule has 0 saturated heterocycles. The van der Waals surface area contributed by atoms with Crippen LogP contribution in [0, 0.1) is 6.92 Å². The predicted octanol–water partition coefficient (Wildman–Crippen LogP) is 2.84. The standard InChI is InChI=1S/C15H18N4S/c1-10-11(9-19(3)18-10)8-13(16-2)15-17-12-6-4-5-7-14(12)20-15/h4-7,9,13,16H,8H2,1-3H3. The second-order valence-corrected chi connectivity index (χ2v) is 6.04. The Balaban J connectivity index is 1.91. The zero-order chi connectivity index (χ0) is 14.1. The van der Waals surface area contributed by atoms with E-state index in [1.54, 1.807) is 11.3 Å². The van der Waals surface area contributed by atoms with Crippen LogP contribution in [0.1, 0.15) is 22.3 Å². The molecule has 0 bridgehead atoms. The van der Waals surface area contributed by atoms with Gasteiger partial charge in [-0.05, 0) is 38.1 Å². The summed E-state index contributed by atoms with van der Waals surface area (Å²) < 4.78 is 3.11. The lowest BCUT2D eigenvalue weighted by atomic mass is 10.1. The molecule has 0 aliphatic carbocycles. The van der Waals surface area contributed by atoms with Crippen LogP contribution in [0.3, 0.4) is 0 Å². The molecule has 1 N–H and O–H groups in total. The summed E-state index contributed by atoms with van der Waals surface area (Å²) in [6.07, 6.45) is 3.00. The van der Waals surface area contributed by atoms with Gasteiger partial charge in [-0.3, -0.25) is 4.68 Å². The van der Waals surface area contributed by atoms with Crippen LogP contribution in [0.4, 0.5) is 0 Å². The van der Waals surface area contributed by atoms with Crippen LogP contribution in [-0.4, -0.2) is 21.8 Å². The van der Waals surface area contributed by atoms with Crippen molar-refractivity contribution in [3.8, 4) is 0 Å². The summed E-state index contributed by atoms with van der Waals surface area (Å²) in [5.41, 5.74) is 3.44. The third kappa shape index (κ3) is 2.46. The van der Waals surface area contributed by atoms with Gasteiger partial charge in [0, 0.05) is 13.2 Å². The summed E-state index contributed by atoms with van der Waals surface area (Å²) in [4.78, 5) is 4.75. The molecule has 2 aromatic heterocycles. The molecule has 3 aromatic rings. The molecule has 0 saturated carbocycles. The van der Waals surface area contributed by atoms with Crippen molar-refractivity contribution in [2.24, 2.45) is 7.05 Å². The molecule has 0 radical (unpaired) electrons. The van der Waals surface area contributed by atoms with E-state index in [1.165, 1.54) is 10.3 Å². The van der Waals surface area contributed by atoms with E-state index in [0.29, 0.717) is 0 Å². The third-order valence-electron chi connectivity index (χ3n) is 3.50. The Bertz CT molecular complexity index is 695. The Morgan fingerprint density at radius 2 is 2.15 bits per heavy atom. The molecule has 1 aromatic carbocycles. The number of fused-ring (bicyclic) bond motifs is 1. The fourth-order valence-corrected chi connectivity index (χ4v) is 3.50. The molecule has 0 aliphatic rings. The van der Waals surface area contributed by atoms with Crippen LogP contribution in [0.15, 0.2) is 30.5 Å². The van der Waals surface area contributed by atoms with E-state index in [9.17, 15) is 0 Å². The number of rotatable bonds is 4. The van der Waals surface area contributed by atoms with Gasteiger partial charge >= 0.3 is 0 Å². The third-order valence-corrected chi connectivity index (χ3v) is 4.65. The molecule has 1 atom stereocenters. The number of benzene rings is 1. The van der Waals surface area contributed by atoms with Crippen molar-refractivity contribution in [3.05, 3.63) is 46.7 Å². The van der Waals surface area contributed by atoms with Crippen LogP contribution < -0.4 is 5.32 Å². The first kappa shape index (κ1) is 13.3. The van der Waals surface area contributed by atoms with Crippen LogP contribution in [0.5, 0.6) is 0 Å². The Hall–Kier alpha value is -1.72. The van der Waals surface area contributed by atoms with E-state index in [2.05, 4.69) is 41.7 Å². The summed E-state index contributed by atoms with van der Waals surface area (Å²) in [5, 5.41) is 8.92. The second-order valence-electron chi connectivity index (χ2n) is 4.98. The van der Waals surface area contributed by atoms with E-state index < -0.39 is 0 Å². The van der Waals surface area contributed by atoms with Crippen molar-refractivity contribution in [1.82, 2.24) is 20.1 Å². The van der Waals surface area contributed by atoms with Gasteiger partial charge in [0.2, 0.25) is 0 Å². The average molecular weight is 286 g/mol. The molecule has 20 heavy (non-hydrogen) atoms. The maximum atomic E-state index is 4.75. The largest absolute Gasteiger partial charge is 0.311 e. The van der Waals surface area contributed by atoms with Crippen molar-refractivity contribution >= 4 is 21.6 Å². The van der Waals surface area contributed by atoms with E-state index in [4.69, 9.17) is 4.98 Å². The smallest absolute Gasteiger partial charge is 0.111 e. The van der Waals surface area contributed by atoms with Crippen LogP contribution >= 0.6 is 11.3 Å². The Morgan fingerprint density at radius 3 is 2.80 bits per heavy atom. The Morgan fingerprint density at radius 1 is 1.35 bits per heavy atom. The van der Waals surface area contributed by atoms with Gasteiger partial charge < -0.3 is 5.32 Å². The number of hydrogen-bond acceptors (Lipinski definition) is 4. The summed E-state index contributed by atoms with van der Waals surface area (Å²) in [7, 11) is 3.95. The minimum Gasteiger partial charge on any atom is -0.311 e. The second kappa shape index (κ2) is 5.34. The SMILES string of the molecule is CNC(Cc1cn(C)nc1C)c1nc2ccccc2s1. The number of thiazole rings is 1. The van der Waals surface area contributed by atoms with Crippen molar-refractivity contribution < 1.29 is 0 Å². The lowest BCUT2D eigenvalue weighted by molar-refractivity contribution is 0.588. The predicted molar refractivity (Wildman–Crippen MR) is 83.1 cm³/mol. The molecule has 1 unspecified atom stereocenters. The van der Waals surface area contributed by atoms with E-state index in [1.807, 2.05) is 24.8 Å². The van der Waals surface area contributed by atoms with Gasteiger partial charge in [0.05, 0.1) is 22.0 Å². The molecule has 0 amide bonds. The van der Waals surface area contributed by atoms with Gasteiger partial charge in [-0.2, -0.15) is 5.10 Å². The lowest BCUT2D eigenvalue weighted by Crippen LogP contribution is -2.18. The number of para-hydroxylation sites is 1. The summed E-state index contributed by atoms with van der Waals surface area (Å²) in [6, 6.07) is 8.51. The molecule has 5 heteroatoms. The highest BCUT2D eigenvalue weighted by Gasteiger charge is 2.17. The molecule has 4 nitrogen and oxygen atoms in total. The monoisotopic (exact) mass is 286 g/mol. The number of aromatic nitrogens is 3. The molecule has 0 spiro atoms. The molecule has 3 rings (SSSR count). The number of nitrogens with zero attached hydrogens (tertiary/aromatic N) is 3. The van der Waals surface area contributed by atoms with Crippen molar-refractivity contribution in [2.45, 2.75) is 19.4 Å². The summed E-state index contributed by atoms with van der Waals surface area (Å²) in [5.74, 6) is 0. The van der Waals surface area contributed by atoms with Gasteiger partial charge in [-0.15, -0.1) is 11.3 Å². The fourth-order valence-electron chi connectivity index (χ4n) is 2.42. The first-order valence-electron chi connectivity index (χ1n) is 6.69. The van der Waals surface area contributed by atoms with Crippen LogP contribution in [0.2, 0.25) is 0 Å². The van der Waals surface area contributed by atoms with Gasteiger partial charge in [-0.1, -0.05) is 12.1 Å². The molecule has 104 valence electrons. The minimum atomic E-state index is 0.232. The van der Waals surface area contributed by atoms with Gasteiger partial charge in [-0.25, -0.2) is 4.98 Å². The maximum Gasteiger partial charge on any atom is 0.111 e. The summed E-state index contributed by atoms with van der Waals surface area (Å²) in [6.45, 7) is 2.06. The number of nitrogens with one attached hydrogen (secondary N) is 1. The van der Waals surface area contributed by atoms with Gasteiger partial charge in [0.25, 0.3) is 0 Å². The average Bonchev–Trinajstić information content (AvgIpc) is 2.99. The van der Waals surface area contributed by atoms with E-state index in [0.717, 1.165) is 22.6 Å². The molecule has 0 fully saturated rings. The van der Waals surface area contributed by atoms with Crippen LogP contribution in [-0.2, 0) is 13.5 Å². The highest BCUT2D eigenvalue weighted by Crippen LogP contribution is 2.28. The molecular formula is C15H18N4S.